The van der Waals surface area contributed by atoms with Crippen molar-refractivity contribution in [1.82, 2.24) is 9.62 Å². The Balaban J connectivity index is 2.30. The average molecular weight is 417 g/mol. The first-order chi connectivity index (χ1) is 13.8. The Labute approximate surface area is 175 Å². The lowest BCUT2D eigenvalue weighted by Crippen LogP contribution is -2.42. The summed E-state index contributed by atoms with van der Waals surface area (Å²) >= 11 is 0. The zero-order valence-corrected chi connectivity index (χ0v) is 18.7. The number of rotatable bonds is 10. The van der Waals surface area contributed by atoms with Crippen LogP contribution in [-0.4, -0.2) is 38.3 Å². The standard InChI is InChI=1S/C23H32N2O3S/c1-5-6-13-24-22(26)17-25(14-12-21-10-8-7-9-11-21)29(27,28)23-19(3)15-18(2)16-20(23)4/h7-11,15-16H,5-6,12-14,17H2,1-4H3,(H,24,26). The topological polar surface area (TPSA) is 66.5 Å². The second-order valence-electron chi connectivity index (χ2n) is 7.51. The van der Waals surface area contributed by atoms with E-state index >= 15 is 0 Å². The van der Waals surface area contributed by atoms with E-state index in [2.05, 4.69) is 5.32 Å². The molecule has 0 saturated heterocycles. The highest BCUT2D eigenvalue weighted by atomic mass is 32.2. The number of carbonyl (C=O) groups excluding carboxylic acids is 1. The lowest BCUT2D eigenvalue weighted by atomic mass is 10.1. The number of carbonyl (C=O) groups is 1. The Bertz CT molecular complexity index is 901. The molecule has 6 heteroatoms. The fourth-order valence-corrected chi connectivity index (χ4v) is 5.31. The normalized spacial score (nSPS) is 11.6. The highest BCUT2D eigenvalue weighted by Gasteiger charge is 2.29. The zero-order chi connectivity index (χ0) is 21.4. The molecule has 0 aromatic heterocycles. The van der Waals surface area contributed by atoms with Gasteiger partial charge in [0.25, 0.3) is 0 Å². The molecule has 29 heavy (non-hydrogen) atoms. The van der Waals surface area contributed by atoms with Crippen LogP contribution in [0.2, 0.25) is 0 Å². The van der Waals surface area contributed by atoms with E-state index < -0.39 is 10.0 Å². The predicted molar refractivity (Wildman–Crippen MR) is 117 cm³/mol. The molecule has 0 heterocycles. The van der Waals surface area contributed by atoms with E-state index in [1.807, 2.05) is 70.2 Å². The van der Waals surface area contributed by atoms with Crippen LogP contribution < -0.4 is 5.32 Å². The maximum atomic E-state index is 13.5. The van der Waals surface area contributed by atoms with Crippen molar-refractivity contribution in [3.05, 3.63) is 64.7 Å². The minimum Gasteiger partial charge on any atom is -0.355 e. The Hall–Kier alpha value is -2.18. The summed E-state index contributed by atoms with van der Waals surface area (Å²) in [5.41, 5.74) is 3.47. The van der Waals surface area contributed by atoms with E-state index in [-0.39, 0.29) is 19.0 Å². The van der Waals surface area contributed by atoms with Gasteiger partial charge in [0.15, 0.2) is 0 Å². The van der Waals surface area contributed by atoms with Gasteiger partial charge in [0.05, 0.1) is 11.4 Å². The van der Waals surface area contributed by atoms with E-state index in [1.165, 1.54) is 4.31 Å². The molecule has 0 bridgehead atoms. The van der Waals surface area contributed by atoms with Crippen molar-refractivity contribution in [2.24, 2.45) is 0 Å². The van der Waals surface area contributed by atoms with Gasteiger partial charge in [-0.1, -0.05) is 61.4 Å². The minimum absolute atomic E-state index is 0.175. The van der Waals surface area contributed by atoms with Crippen molar-refractivity contribution in [3.8, 4) is 0 Å². The Morgan fingerprint density at radius 3 is 2.24 bits per heavy atom. The second kappa shape index (κ2) is 10.6. The van der Waals surface area contributed by atoms with Crippen LogP contribution in [-0.2, 0) is 21.2 Å². The lowest BCUT2D eigenvalue weighted by Gasteiger charge is -2.24. The smallest absolute Gasteiger partial charge is 0.244 e. The summed E-state index contributed by atoms with van der Waals surface area (Å²) in [6, 6.07) is 13.5. The molecule has 1 N–H and O–H groups in total. The van der Waals surface area contributed by atoms with Crippen molar-refractivity contribution in [1.29, 1.82) is 0 Å². The minimum atomic E-state index is -3.80. The quantitative estimate of drug-likeness (QED) is 0.600. The fourth-order valence-electron chi connectivity index (χ4n) is 3.51. The summed E-state index contributed by atoms with van der Waals surface area (Å²) in [6.45, 7) is 8.25. The molecule has 0 saturated carbocycles. The summed E-state index contributed by atoms with van der Waals surface area (Å²) in [4.78, 5) is 12.7. The first-order valence-electron chi connectivity index (χ1n) is 10.1. The number of nitrogens with zero attached hydrogens (tertiary/aromatic N) is 1. The van der Waals surface area contributed by atoms with E-state index in [9.17, 15) is 13.2 Å². The van der Waals surface area contributed by atoms with Crippen molar-refractivity contribution >= 4 is 15.9 Å². The third-order valence-corrected chi connectivity index (χ3v) is 7.02. The first-order valence-corrected chi connectivity index (χ1v) is 11.6. The number of nitrogens with one attached hydrogen (secondary N) is 1. The third-order valence-electron chi connectivity index (χ3n) is 4.87. The molecule has 0 radical (unpaired) electrons. The maximum absolute atomic E-state index is 13.5. The number of hydrogen-bond acceptors (Lipinski definition) is 3. The van der Waals surface area contributed by atoms with E-state index in [0.29, 0.717) is 29.0 Å². The molecule has 158 valence electrons. The van der Waals surface area contributed by atoms with Gasteiger partial charge >= 0.3 is 0 Å². The molecule has 2 aromatic rings. The van der Waals surface area contributed by atoms with Crippen LogP contribution in [0.5, 0.6) is 0 Å². The second-order valence-corrected chi connectivity index (χ2v) is 9.38. The lowest BCUT2D eigenvalue weighted by molar-refractivity contribution is -0.121. The molecule has 0 aliphatic carbocycles. The Morgan fingerprint density at radius 2 is 1.66 bits per heavy atom. The molecule has 0 fully saturated rings. The number of hydrogen-bond donors (Lipinski definition) is 1. The molecular weight excluding hydrogens is 384 g/mol. The highest BCUT2D eigenvalue weighted by Crippen LogP contribution is 2.25. The average Bonchev–Trinajstić information content (AvgIpc) is 2.65. The van der Waals surface area contributed by atoms with Gasteiger partial charge in [-0.3, -0.25) is 4.79 Å². The van der Waals surface area contributed by atoms with Crippen LogP contribution >= 0.6 is 0 Å². The number of unbranched alkanes of at least 4 members (excludes halogenated alkanes) is 1. The number of sulfonamides is 1. The Morgan fingerprint density at radius 1 is 1.03 bits per heavy atom. The van der Waals surface area contributed by atoms with Crippen molar-refractivity contribution in [2.75, 3.05) is 19.6 Å². The van der Waals surface area contributed by atoms with Gasteiger partial charge in [0.1, 0.15) is 0 Å². The van der Waals surface area contributed by atoms with Gasteiger partial charge in [-0.25, -0.2) is 8.42 Å². The number of amides is 1. The van der Waals surface area contributed by atoms with Gasteiger partial charge in [0.2, 0.25) is 15.9 Å². The van der Waals surface area contributed by atoms with Crippen molar-refractivity contribution < 1.29 is 13.2 Å². The summed E-state index contributed by atoms with van der Waals surface area (Å²) in [6.07, 6.45) is 2.39. The number of benzene rings is 2. The molecule has 2 rings (SSSR count). The van der Waals surface area contributed by atoms with Crippen molar-refractivity contribution in [3.63, 3.8) is 0 Å². The van der Waals surface area contributed by atoms with Gasteiger partial charge in [-0.05, 0) is 50.3 Å². The molecule has 5 nitrogen and oxygen atoms in total. The van der Waals surface area contributed by atoms with E-state index in [4.69, 9.17) is 0 Å². The summed E-state index contributed by atoms with van der Waals surface area (Å²) in [5.74, 6) is -0.266. The highest BCUT2D eigenvalue weighted by molar-refractivity contribution is 7.89. The fraction of sp³-hybridized carbons (Fsp3) is 0.435. The molecule has 2 aromatic carbocycles. The van der Waals surface area contributed by atoms with E-state index in [0.717, 1.165) is 24.0 Å². The molecule has 1 amide bonds. The molecule has 0 unspecified atom stereocenters. The van der Waals surface area contributed by atoms with Gasteiger partial charge in [-0.2, -0.15) is 4.31 Å². The largest absolute Gasteiger partial charge is 0.355 e. The maximum Gasteiger partial charge on any atom is 0.244 e. The first kappa shape index (κ1) is 23.1. The van der Waals surface area contributed by atoms with Crippen LogP contribution in [0.15, 0.2) is 47.4 Å². The monoisotopic (exact) mass is 416 g/mol. The van der Waals surface area contributed by atoms with Gasteiger partial charge in [-0.15, -0.1) is 0 Å². The summed E-state index contributed by atoms with van der Waals surface area (Å²) in [7, 11) is -3.80. The zero-order valence-electron chi connectivity index (χ0n) is 17.9. The molecule has 0 spiro atoms. The van der Waals surface area contributed by atoms with Crippen LogP contribution in [0.4, 0.5) is 0 Å². The van der Waals surface area contributed by atoms with Crippen LogP contribution in [0.3, 0.4) is 0 Å². The Kier molecular flexibility index (Phi) is 8.41. The van der Waals surface area contributed by atoms with Crippen LogP contribution in [0.1, 0.15) is 42.0 Å². The summed E-state index contributed by atoms with van der Waals surface area (Å²) in [5, 5.41) is 2.83. The molecule has 0 aliphatic heterocycles. The third kappa shape index (κ3) is 6.41. The summed E-state index contributed by atoms with van der Waals surface area (Å²) < 4.78 is 28.3. The van der Waals surface area contributed by atoms with Gasteiger partial charge < -0.3 is 5.32 Å². The number of aryl methyl sites for hydroxylation is 3. The van der Waals surface area contributed by atoms with Crippen LogP contribution in [0.25, 0.3) is 0 Å². The van der Waals surface area contributed by atoms with Crippen LogP contribution in [0, 0.1) is 20.8 Å². The predicted octanol–water partition coefficient (Wildman–Crippen LogP) is 3.76. The van der Waals surface area contributed by atoms with Crippen molar-refractivity contribution in [2.45, 2.75) is 51.9 Å². The molecular formula is C23H32N2O3S. The van der Waals surface area contributed by atoms with Gasteiger partial charge in [0, 0.05) is 13.1 Å². The molecule has 0 aliphatic rings. The molecule has 0 atom stereocenters. The SMILES string of the molecule is CCCCNC(=O)CN(CCc1ccccc1)S(=O)(=O)c1c(C)cc(C)cc1C. The van der Waals surface area contributed by atoms with E-state index in [1.54, 1.807) is 0 Å².